The van der Waals surface area contributed by atoms with Gasteiger partial charge in [-0.1, -0.05) is 256 Å². The Labute approximate surface area is 465 Å². The summed E-state index contributed by atoms with van der Waals surface area (Å²) in [7, 11) is -2.34. The topological polar surface area (TPSA) is 0 Å². The van der Waals surface area contributed by atoms with Crippen molar-refractivity contribution in [1.29, 1.82) is 0 Å². The summed E-state index contributed by atoms with van der Waals surface area (Å²) < 4.78 is 0. The molecule has 14 aromatic rings. The summed E-state index contributed by atoms with van der Waals surface area (Å²) in [5.41, 5.74) is 31.6. The van der Waals surface area contributed by atoms with Crippen molar-refractivity contribution in [3.8, 4) is 111 Å². The van der Waals surface area contributed by atoms with Gasteiger partial charge in [-0.05, 0) is 199 Å². The van der Waals surface area contributed by atoms with Gasteiger partial charge in [0.15, 0.2) is 0 Å². The number of hydrogen-bond donors (Lipinski definition) is 0. The smallest absolute Gasteiger partial charge is 0.0619 e. The zero-order chi connectivity index (χ0) is 52.3. The van der Waals surface area contributed by atoms with E-state index in [9.17, 15) is 0 Å². The first-order chi connectivity index (χ1) is 39.5. The van der Waals surface area contributed by atoms with Crippen LogP contribution in [0.15, 0.2) is 255 Å². The summed E-state index contributed by atoms with van der Waals surface area (Å²) in [4.78, 5) is 0. The fourth-order valence-electron chi connectivity index (χ4n) is 16.5. The van der Waals surface area contributed by atoms with Gasteiger partial charge in [-0.3, -0.25) is 0 Å². The van der Waals surface area contributed by atoms with E-state index < -0.39 is 8.07 Å². The molecular formula is C79H48Si. The average Bonchev–Trinajstić information content (AvgIpc) is 3.44. The van der Waals surface area contributed by atoms with E-state index in [0.717, 1.165) is 0 Å². The summed E-state index contributed by atoms with van der Waals surface area (Å²) >= 11 is 0. The standard InChI is InChI=1S/C79H48Si/c1-80(2)73-42-46(45-33-35-54-53-23-11-14-32-71(53)79(72(54)41-45)69-30-12-9-21-51(69)52-22-10-13-31-70(52)79)34-36-55(73)66-43-67-68(44-74(66)80)78(65-40-38-63-50-20-6-4-18-48(50)57-27-16-29-61(65)76(57)63)59-25-8-7-24-58(59)77(67)64-39-37-62-49-19-5-3-17-47(49)56-26-15-28-60(64)75(56)62/h3-44H,1-2H3. The lowest BCUT2D eigenvalue weighted by atomic mass is 9.70. The molecule has 5 aliphatic rings. The summed E-state index contributed by atoms with van der Waals surface area (Å²) in [5, 5.41) is 13.6. The molecule has 1 heteroatoms. The van der Waals surface area contributed by atoms with E-state index in [4.69, 9.17) is 0 Å². The third-order valence-electron chi connectivity index (χ3n) is 19.8. The predicted molar refractivity (Wildman–Crippen MR) is 340 cm³/mol. The Bertz CT molecular complexity index is 5100. The SMILES string of the molecule is C[Si]1(C)c2cc(-c3ccc4c(c3)C3(c5ccccc5-c5ccccc53)c3ccccc3-4)ccc2-c2cc3c(-c4ccc5c6c(cccc46)-c4ccccc4-5)c4ccccc4c(-c4ccc5c6c(cccc46)-c4ccccc4-5)c3cc21. The molecule has 1 aliphatic heterocycles. The van der Waals surface area contributed by atoms with Crippen LogP contribution in [0, 0.1) is 0 Å². The zero-order valence-electron chi connectivity index (χ0n) is 44.2. The molecule has 0 fully saturated rings. The van der Waals surface area contributed by atoms with Gasteiger partial charge < -0.3 is 0 Å². The highest BCUT2D eigenvalue weighted by atomic mass is 28.3. The molecular weight excluding hydrogens is 977 g/mol. The highest BCUT2D eigenvalue weighted by Gasteiger charge is 2.51. The molecule has 0 saturated carbocycles. The van der Waals surface area contributed by atoms with Crippen molar-refractivity contribution in [3.05, 3.63) is 277 Å². The molecule has 0 atom stereocenters. The van der Waals surface area contributed by atoms with Gasteiger partial charge in [0, 0.05) is 0 Å². The van der Waals surface area contributed by atoms with Gasteiger partial charge in [0.05, 0.1) is 5.41 Å². The van der Waals surface area contributed by atoms with Crippen LogP contribution in [0.25, 0.3) is 154 Å². The lowest BCUT2D eigenvalue weighted by Gasteiger charge is -2.30. The molecule has 19 rings (SSSR count). The highest BCUT2D eigenvalue weighted by Crippen LogP contribution is 2.63. The van der Waals surface area contributed by atoms with Crippen LogP contribution in [0.4, 0.5) is 0 Å². The molecule has 80 heavy (non-hydrogen) atoms. The molecule has 1 heterocycles. The average molecular weight is 1030 g/mol. The molecule has 0 nitrogen and oxygen atoms in total. The second kappa shape index (κ2) is 15.1. The molecule has 0 aromatic heterocycles. The first-order valence-corrected chi connectivity index (χ1v) is 31.4. The molecule has 1 spiro atoms. The third kappa shape index (κ3) is 5.19. The van der Waals surface area contributed by atoms with E-state index in [1.807, 2.05) is 0 Å². The Morgan fingerprint density at radius 3 is 1.09 bits per heavy atom. The van der Waals surface area contributed by atoms with Crippen molar-refractivity contribution in [2.24, 2.45) is 0 Å². The second-order valence-electron chi connectivity index (χ2n) is 23.6. The molecule has 4 aliphatic carbocycles. The van der Waals surface area contributed by atoms with Crippen LogP contribution >= 0.6 is 0 Å². The largest absolute Gasteiger partial charge is 0.113 e. The first-order valence-electron chi connectivity index (χ1n) is 28.4. The Hall–Kier alpha value is -9.66. The predicted octanol–water partition coefficient (Wildman–Crippen LogP) is 19.7. The van der Waals surface area contributed by atoms with Crippen molar-refractivity contribution in [3.63, 3.8) is 0 Å². The number of hydrogen-bond acceptors (Lipinski definition) is 0. The van der Waals surface area contributed by atoms with E-state index in [0.29, 0.717) is 0 Å². The molecule has 0 saturated heterocycles. The van der Waals surface area contributed by atoms with E-state index >= 15 is 0 Å². The fraction of sp³-hybridized carbons (Fsp3) is 0.0380. The maximum Gasteiger partial charge on any atom is 0.113 e. The van der Waals surface area contributed by atoms with Gasteiger partial charge in [-0.2, -0.15) is 0 Å². The van der Waals surface area contributed by atoms with Crippen LogP contribution in [0.1, 0.15) is 22.3 Å². The quantitative estimate of drug-likeness (QED) is 0.122. The highest BCUT2D eigenvalue weighted by molar-refractivity contribution is 7.04. The molecule has 368 valence electrons. The van der Waals surface area contributed by atoms with E-state index in [-0.39, 0.29) is 5.41 Å². The number of fused-ring (bicyclic) bond motifs is 21. The van der Waals surface area contributed by atoms with Crippen molar-refractivity contribution in [2.75, 3.05) is 0 Å². The van der Waals surface area contributed by atoms with Gasteiger partial charge in [0.25, 0.3) is 0 Å². The van der Waals surface area contributed by atoms with Crippen molar-refractivity contribution in [2.45, 2.75) is 18.5 Å². The summed E-state index contributed by atoms with van der Waals surface area (Å²) in [6, 6.07) is 98.6. The third-order valence-corrected chi connectivity index (χ3v) is 23.3. The lowest BCUT2D eigenvalue weighted by Crippen LogP contribution is -2.49. The minimum atomic E-state index is -2.34. The minimum absolute atomic E-state index is 0.390. The fourth-order valence-corrected chi connectivity index (χ4v) is 19.6. The Balaban J connectivity index is 0.859. The van der Waals surface area contributed by atoms with Crippen LogP contribution in [0.2, 0.25) is 13.1 Å². The molecule has 0 amide bonds. The summed E-state index contributed by atoms with van der Waals surface area (Å²) in [5.74, 6) is 0. The summed E-state index contributed by atoms with van der Waals surface area (Å²) in [6.45, 7) is 5.21. The molecule has 0 unspecified atom stereocenters. The molecule has 14 aromatic carbocycles. The Kier molecular flexibility index (Phi) is 8.19. The van der Waals surface area contributed by atoms with Crippen molar-refractivity contribution >= 4 is 61.5 Å². The van der Waals surface area contributed by atoms with Crippen LogP contribution in [-0.2, 0) is 5.41 Å². The van der Waals surface area contributed by atoms with Crippen LogP contribution < -0.4 is 10.4 Å². The van der Waals surface area contributed by atoms with Gasteiger partial charge in [0.2, 0.25) is 0 Å². The van der Waals surface area contributed by atoms with Gasteiger partial charge >= 0.3 is 0 Å². The van der Waals surface area contributed by atoms with Gasteiger partial charge in [-0.15, -0.1) is 0 Å². The van der Waals surface area contributed by atoms with E-state index in [1.165, 1.54) is 187 Å². The molecule has 0 bridgehead atoms. The Morgan fingerprint density at radius 2 is 0.575 bits per heavy atom. The van der Waals surface area contributed by atoms with Gasteiger partial charge in [0.1, 0.15) is 8.07 Å². The van der Waals surface area contributed by atoms with Gasteiger partial charge in [-0.25, -0.2) is 0 Å². The van der Waals surface area contributed by atoms with Crippen molar-refractivity contribution < 1.29 is 0 Å². The normalized spacial score (nSPS) is 14.3. The van der Waals surface area contributed by atoms with Crippen LogP contribution in [0.3, 0.4) is 0 Å². The maximum atomic E-state index is 2.68. The van der Waals surface area contributed by atoms with Crippen LogP contribution in [-0.4, -0.2) is 8.07 Å². The van der Waals surface area contributed by atoms with Crippen molar-refractivity contribution in [1.82, 2.24) is 0 Å². The van der Waals surface area contributed by atoms with Crippen LogP contribution in [0.5, 0.6) is 0 Å². The van der Waals surface area contributed by atoms with E-state index in [1.54, 1.807) is 0 Å². The van der Waals surface area contributed by atoms with E-state index in [2.05, 4.69) is 268 Å². The monoisotopic (exact) mass is 1020 g/mol. The lowest BCUT2D eigenvalue weighted by molar-refractivity contribution is 0.794. The zero-order valence-corrected chi connectivity index (χ0v) is 45.2. The number of rotatable bonds is 3. The minimum Gasteiger partial charge on any atom is -0.0619 e. The second-order valence-corrected chi connectivity index (χ2v) is 28.0. The molecule has 0 N–H and O–H groups in total. The Morgan fingerprint density at radius 1 is 0.225 bits per heavy atom. The summed E-state index contributed by atoms with van der Waals surface area (Å²) in [6.07, 6.45) is 0. The number of benzene rings is 14. The molecule has 0 radical (unpaired) electrons. The maximum absolute atomic E-state index is 2.68. The first kappa shape index (κ1) is 43.3.